The summed E-state index contributed by atoms with van der Waals surface area (Å²) in [5.74, 6) is -0.652. The SMILES string of the molecule is CC1CCC(C(O)c2cc(F)c(Cl)cc2F)CC1. The van der Waals surface area contributed by atoms with Gasteiger partial charge in [-0.05, 0) is 36.8 Å². The van der Waals surface area contributed by atoms with Crippen molar-refractivity contribution in [3.63, 3.8) is 0 Å². The first-order valence-corrected chi connectivity index (χ1v) is 6.69. The standard InChI is InChI=1S/C14H17ClF2O/c1-8-2-4-9(5-3-8)14(18)10-6-13(17)11(15)7-12(10)16/h6-9,14,18H,2-5H2,1H3. The van der Waals surface area contributed by atoms with Gasteiger partial charge in [0.15, 0.2) is 0 Å². The molecule has 1 nitrogen and oxygen atoms in total. The van der Waals surface area contributed by atoms with Crippen LogP contribution < -0.4 is 0 Å². The van der Waals surface area contributed by atoms with Gasteiger partial charge in [-0.2, -0.15) is 0 Å². The molecule has 1 saturated carbocycles. The van der Waals surface area contributed by atoms with Crippen molar-refractivity contribution in [2.24, 2.45) is 11.8 Å². The van der Waals surface area contributed by atoms with Crippen LogP contribution in [-0.2, 0) is 0 Å². The zero-order chi connectivity index (χ0) is 13.3. The molecule has 18 heavy (non-hydrogen) atoms. The van der Waals surface area contributed by atoms with Gasteiger partial charge in [0.25, 0.3) is 0 Å². The fraction of sp³-hybridized carbons (Fsp3) is 0.571. The molecule has 0 spiro atoms. The van der Waals surface area contributed by atoms with Gasteiger partial charge in [0.2, 0.25) is 0 Å². The van der Waals surface area contributed by atoms with Gasteiger partial charge < -0.3 is 5.11 Å². The van der Waals surface area contributed by atoms with Gasteiger partial charge in [-0.3, -0.25) is 0 Å². The molecule has 1 aliphatic carbocycles. The van der Waals surface area contributed by atoms with Crippen molar-refractivity contribution in [1.29, 1.82) is 0 Å². The minimum Gasteiger partial charge on any atom is -0.388 e. The number of rotatable bonds is 2. The first-order chi connectivity index (χ1) is 8.49. The van der Waals surface area contributed by atoms with Gasteiger partial charge in [0.05, 0.1) is 11.1 Å². The Morgan fingerprint density at radius 2 is 1.78 bits per heavy atom. The van der Waals surface area contributed by atoms with Gasteiger partial charge in [-0.15, -0.1) is 0 Å². The van der Waals surface area contributed by atoms with Crippen molar-refractivity contribution in [2.75, 3.05) is 0 Å². The Hall–Kier alpha value is -0.670. The summed E-state index contributed by atoms with van der Waals surface area (Å²) in [4.78, 5) is 0. The van der Waals surface area contributed by atoms with E-state index < -0.39 is 17.7 Å². The van der Waals surface area contributed by atoms with Crippen LogP contribution in [0.4, 0.5) is 8.78 Å². The lowest BCUT2D eigenvalue weighted by molar-refractivity contribution is 0.0723. The van der Waals surface area contributed by atoms with E-state index in [1.807, 2.05) is 0 Å². The predicted octanol–water partition coefficient (Wildman–Crippen LogP) is 4.48. The number of halogens is 3. The van der Waals surface area contributed by atoms with E-state index in [0.717, 1.165) is 37.8 Å². The molecule has 4 heteroatoms. The molecule has 0 aromatic heterocycles. The predicted molar refractivity (Wildman–Crippen MR) is 67.4 cm³/mol. The van der Waals surface area contributed by atoms with Crippen LogP contribution >= 0.6 is 11.6 Å². The van der Waals surface area contributed by atoms with E-state index in [9.17, 15) is 13.9 Å². The van der Waals surface area contributed by atoms with E-state index >= 15 is 0 Å². The van der Waals surface area contributed by atoms with Gasteiger partial charge >= 0.3 is 0 Å². The molecule has 1 atom stereocenters. The highest BCUT2D eigenvalue weighted by molar-refractivity contribution is 6.30. The first-order valence-electron chi connectivity index (χ1n) is 6.31. The van der Waals surface area contributed by atoms with Crippen LogP contribution in [-0.4, -0.2) is 5.11 Å². The van der Waals surface area contributed by atoms with Crippen molar-refractivity contribution in [3.05, 3.63) is 34.4 Å². The number of benzene rings is 1. The Morgan fingerprint density at radius 1 is 1.17 bits per heavy atom. The van der Waals surface area contributed by atoms with Crippen molar-refractivity contribution >= 4 is 11.6 Å². The zero-order valence-electron chi connectivity index (χ0n) is 10.3. The normalized spacial score (nSPS) is 26.1. The maximum Gasteiger partial charge on any atom is 0.142 e. The molecular weight excluding hydrogens is 258 g/mol. The van der Waals surface area contributed by atoms with Crippen LogP contribution in [0.2, 0.25) is 5.02 Å². The van der Waals surface area contributed by atoms with E-state index in [2.05, 4.69) is 6.92 Å². The second-order valence-corrected chi connectivity index (χ2v) is 5.66. The van der Waals surface area contributed by atoms with Gasteiger partial charge in [-0.25, -0.2) is 8.78 Å². The van der Waals surface area contributed by atoms with Crippen LogP contribution in [0.5, 0.6) is 0 Å². The molecule has 1 fully saturated rings. The smallest absolute Gasteiger partial charge is 0.142 e. The number of aliphatic hydroxyl groups is 1. The molecular formula is C14H17ClF2O. The molecule has 1 N–H and O–H groups in total. The molecule has 2 rings (SSSR count). The van der Waals surface area contributed by atoms with Crippen molar-refractivity contribution in [2.45, 2.75) is 38.7 Å². The maximum absolute atomic E-state index is 13.7. The minimum absolute atomic E-state index is 0.0104. The van der Waals surface area contributed by atoms with Gasteiger partial charge in [-0.1, -0.05) is 31.4 Å². The highest BCUT2D eigenvalue weighted by Gasteiger charge is 2.28. The monoisotopic (exact) mass is 274 g/mol. The summed E-state index contributed by atoms with van der Waals surface area (Å²) in [6, 6.07) is 1.95. The molecule has 0 aliphatic heterocycles. The summed E-state index contributed by atoms with van der Waals surface area (Å²) in [7, 11) is 0. The van der Waals surface area contributed by atoms with Crippen LogP contribution in [0.25, 0.3) is 0 Å². The van der Waals surface area contributed by atoms with E-state index in [1.54, 1.807) is 0 Å². The summed E-state index contributed by atoms with van der Waals surface area (Å²) in [5.41, 5.74) is 0.0245. The summed E-state index contributed by atoms with van der Waals surface area (Å²) in [6.07, 6.45) is 2.82. The third-order valence-corrected chi connectivity index (χ3v) is 4.15. The molecule has 0 bridgehead atoms. The molecule has 0 saturated heterocycles. The number of hydrogen-bond donors (Lipinski definition) is 1. The Morgan fingerprint density at radius 3 is 2.39 bits per heavy atom. The zero-order valence-corrected chi connectivity index (χ0v) is 11.1. The van der Waals surface area contributed by atoms with Crippen LogP contribution in [0, 0.1) is 23.5 Å². The summed E-state index contributed by atoms with van der Waals surface area (Å²) in [6.45, 7) is 2.17. The highest BCUT2D eigenvalue weighted by Crippen LogP contribution is 2.38. The topological polar surface area (TPSA) is 20.2 Å². The summed E-state index contributed by atoms with van der Waals surface area (Å²) in [5, 5.41) is 9.93. The average molecular weight is 275 g/mol. The Labute approximate surface area is 111 Å². The Bertz CT molecular complexity index is 428. The van der Waals surface area contributed by atoms with Crippen molar-refractivity contribution in [3.8, 4) is 0 Å². The maximum atomic E-state index is 13.7. The number of aliphatic hydroxyl groups excluding tert-OH is 1. The molecule has 100 valence electrons. The van der Waals surface area contributed by atoms with E-state index in [4.69, 9.17) is 11.6 Å². The van der Waals surface area contributed by atoms with E-state index in [-0.39, 0.29) is 16.5 Å². The molecule has 0 radical (unpaired) electrons. The molecule has 0 heterocycles. The average Bonchev–Trinajstić information content (AvgIpc) is 2.34. The first kappa shape index (κ1) is 13.8. The van der Waals surface area contributed by atoms with Crippen LogP contribution in [0.1, 0.15) is 44.3 Å². The lowest BCUT2D eigenvalue weighted by Gasteiger charge is -2.30. The third kappa shape index (κ3) is 2.83. The lowest BCUT2D eigenvalue weighted by atomic mass is 9.78. The van der Waals surface area contributed by atoms with Crippen LogP contribution in [0.3, 0.4) is 0 Å². The lowest BCUT2D eigenvalue weighted by Crippen LogP contribution is -2.20. The Balaban J connectivity index is 2.18. The van der Waals surface area contributed by atoms with Crippen LogP contribution in [0.15, 0.2) is 12.1 Å². The minimum atomic E-state index is -0.940. The fourth-order valence-corrected chi connectivity index (χ4v) is 2.77. The molecule has 0 amide bonds. The molecule has 1 aliphatic rings. The Kier molecular flexibility index (Phi) is 4.23. The third-order valence-electron chi connectivity index (χ3n) is 3.87. The number of hydrogen-bond acceptors (Lipinski definition) is 1. The molecule has 1 aromatic carbocycles. The quantitative estimate of drug-likeness (QED) is 0.789. The second-order valence-electron chi connectivity index (χ2n) is 5.25. The summed E-state index contributed by atoms with van der Waals surface area (Å²) < 4.78 is 27.0. The van der Waals surface area contributed by atoms with Gasteiger partial charge in [0, 0.05) is 5.56 Å². The van der Waals surface area contributed by atoms with Crippen molar-refractivity contribution in [1.82, 2.24) is 0 Å². The van der Waals surface area contributed by atoms with E-state index in [0.29, 0.717) is 5.92 Å². The second kappa shape index (κ2) is 5.54. The van der Waals surface area contributed by atoms with Crippen molar-refractivity contribution < 1.29 is 13.9 Å². The van der Waals surface area contributed by atoms with Gasteiger partial charge in [0.1, 0.15) is 11.6 Å². The largest absolute Gasteiger partial charge is 0.388 e. The van der Waals surface area contributed by atoms with E-state index in [1.165, 1.54) is 0 Å². The fourth-order valence-electron chi connectivity index (χ4n) is 2.62. The molecule has 1 unspecified atom stereocenters. The highest BCUT2D eigenvalue weighted by atomic mass is 35.5. The molecule has 1 aromatic rings. The summed E-state index contributed by atoms with van der Waals surface area (Å²) >= 11 is 5.50.